The van der Waals surface area contributed by atoms with Crippen LogP contribution in [0.15, 0.2) is 0 Å². The van der Waals surface area contributed by atoms with Crippen molar-refractivity contribution in [1.82, 2.24) is 9.80 Å². The van der Waals surface area contributed by atoms with Gasteiger partial charge in [-0.15, -0.1) is 6.42 Å². The summed E-state index contributed by atoms with van der Waals surface area (Å²) in [5, 5.41) is 0. The van der Waals surface area contributed by atoms with Crippen LogP contribution in [0.1, 0.15) is 32.1 Å². The maximum Gasteiger partial charge on any atom is 0.107 e. The zero-order valence-corrected chi connectivity index (χ0v) is 11.4. The third-order valence-corrected chi connectivity index (χ3v) is 4.12. The number of hydrogen-bond donors (Lipinski definition) is 0. The topological polar surface area (TPSA) is 15.7 Å². The quantitative estimate of drug-likeness (QED) is 0.689. The Morgan fingerprint density at radius 3 is 2.17 bits per heavy atom. The standard InChI is InChI=1S/C15H26N2O/c1-2-14-18-15-6-10-17(11-7-15)13-12-16-8-4-3-5-9-16/h1,15H,3-14H2. The van der Waals surface area contributed by atoms with Crippen LogP contribution in [0.2, 0.25) is 0 Å². The minimum absolute atomic E-state index is 0.396. The van der Waals surface area contributed by atoms with Crippen molar-refractivity contribution in [2.24, 2.45) is 0 Å². The zero-order chi connectivity index (χ0) is 12.6. The molecule has 2 aliphatic rings. The van der Waals surface area contributed by atoms with Gasteiger partial charge in [-0.1, -0.05) is 12.3 Å². The lowest BCUT2D eigenvalue weighted by Crippen LogP contribution is -2.42. The first kappa shape index (κ1) is 13.9. The van der Waals surface area contributed by atoms with Gasteiger partial charge in [0.05, 0.1) is 6.10 Å². The molecule has 2 rings (SSSR count). The van der Waals surface area contributed by atoms with E-state index in [-0.39, 0.29) is 0 Å². The number of ether oxygens (including phenoxy) is 1. The number of piperidine rings is 2. The summed E-state index contributed by atoms with van der Waals surface area (Å²) in [6.45, 7) is 7.89. The molecule has 0 N–H and O–H groups in total. The smallest absolute Gasteiger partial charge is 0.107 e. The van der Waals surface area contributed by atoms with Crippen molar-refractivity contribution in [2.45, 2.75) is 38.2 Å². The molecule has 102 valence electrons. The highest BCUT2D eigenvalue weighted by Crippen LogP contribution is 2.14. The van der Waals surface area contributed by atoms with E-state index in [9.17, 15) is 0 Å². The molecule has 0 radical (unpaired) electrons. The maximum absolute atomic E-state index is 5.60. The summed E-state index contributed by atoms with van der Waals surface area (Å²) in [5.74, 6) is 2.55. The number of terminal acetylenes is 1. The molecule has 3 heteroatoms. The van der Waals surface area contributed by atoms with Crippen molar-refractivity contribution in [2.75, 3.05) is 45.9 Å². The zero-order valence-electron chi connectivity index (χ0n) is 11.4. The fourth-order valence-corrected chi connectivity index (χ4v) is 2.93. The minimum Gasteiger partial charge on any atom is -0.365 e. The van der Waals surface area contributed by atoms with E-state index in [4.69, 9.17) is 11.2 Å². The molecule has 2 heterocycles. The van der Waals surface area contributed by atoms with Crippen LogP contribution in [0.25, 0.3) is 0 Å². The van der Waals surface area contributed by atoms with Crippen LogP contribution >= 0.6 is 0 Å². The van der Waals surface area contributed by atoms with Crippen molar-refractivity contribution in [3.8, 4) is 12.3 Å². The van der Waals surface area contributed by atoms with E-state index in [1.807, 2.05) is 0 Å². The van der Waals surface area contributed by atoms with Crippen molar-refractivity contribution in [3.63, 3.8) is 0 Å². The largest absolute Gasteiger partial charge is 0.365 e. The summed E-state index contributed by atoms with van der Waals surface area (Å²) in [4.78, 5) is 5.19. The third-order valence-electron chi connectivity index (χ3n) is 4.12. The summed E-state index contributed by atoms with van der Waals surface area (Å²) < 4.78 is 5.60. The van der Waals surface area contributed by atoms with Gasteiger partial charge >= 0.3 is 0 Å². The second-order valence-corrected chi connectivity index (χ2v) is 5.46. The SMILES string of the molecule is C#CCOC1CCN(CCN2CCCCC2)CC1. The highest BCUT2D eigenvalue weighted by atomic mass is 16.5. The average Bonchev–Trinajstić information content (AvgIpc) is 2.45. The molecule has 3 nitrogen and oxygen atoms in total. The van der Waals surface area contributed by atoms with Gasteiger partial charge in [0, 0.05) is 26.2 Å². The maximum atomic E-state index is 5.60. The van der Waals surface area contributed by atoms with Crippen LogP contribution in [0, 0.1) is 12.3 Å². The molecule has 0 unspecified atom stereocenters. The summed E-state index contributed by atoms with van der Waals surface area (Å²) in [6, 6.07) is 0. The Hall–Kier alpha value is -0.560. The molecular weight excluding hydrogens is 224 g/mol. The van der Waals surface area contributed by atoms with Crippen molar-refractivity contribution in [1.29, 1.82) is 0 Å². The van der Waals surface area contributed by atoms with Gasteiger partial charge in [-0.2, -0.15) is 0 Å². The Bertz CT molecular complexity index is 260. The van der Waals surface area contributed by atoms with Gasteiger partial charge in [0.15, 0.2) is 0 Å². The summed E-state index contributed by atoms with van der Waals surface area (Å²) in [5.41, 5.74) is 0. The Morgan fingerprint density at radius 1 is 0.944 bits per heavy atom. The number of hydrogen-bond acceptors (Lipinski definition) is 3. The minimum atomic E-state index is 0.396. The lowest BCUT2D eigenvalue weighted by molar-refractivity contribution is 0.0220. The van der Waals surface area contributed by atoms with E-state index in [1.165, 1.54) is 58.5 Å². The Labute approximate surface area is 111 Å². The van der Waals surface area contributed by atoms with Crippen LogP contribution in [-0.2, 0) is 4.74 Å². The first-order valence-electron chi connectivity index (χ1n) is 7.38. The van der Waals surface area contributed by atoms with Gasteiger partial charge in [-0.3, -0.25) is 0 Å². The van der Waals surface area contributed by atoms with Crippen LogP contribution in [0.5, 0.6) is 0 Å². The monoisotopic (exact) mass is 250 g/mol. The van der Waals surface area contributed by atoms with Gasteiger partial charge in [-0.05, 0) is 38.8 Å². The molecule has 0 saturated carbocycles. The fraction of sp³-hybridized carbons (Fsp3) is 0.867. The molecular formula is C15H26N2O. The second-order valence-electron chi connectivity index (χ2n) is 5.46. The Morgan fingerprint density at radius 2 is 1.56 bits per heavy atom. The van der Waals surface area contributed by atoms with Gasteiger partial charge in [0.25, 0.3) is 0 Å². The molecule has 2 fully saturated rings. The molecule has 0 atom stereocenters. The van der Waals surface area contributed by atoms with Crippen LogP contribution in [0.4, 0.5) is 0 Å². The Kier molecular flexibility index (Phi) is 5.99. The van der Waals surface area contributed by atoms with E-state index < -0.39 is 0 Å². The van der Waals surface area contributed by atoms with Gasteiger partial charge in [-0.25, -0.2) is 0 Å². The van der Waals surface area contributed by atoms with Crippen LogP contribution < -0.4 is 0 Å². The first-order chi connectivity index (χ1) is 8.88. The summed E-state index contributed by atoms with van der Waals surface area (Å²) in [6.07, 6.45) is 12.1. The molecule has 0 aliphatic carbocycles. The lowest BCUT2D eigenvalue weighted by Gasteiger charge is -2.34. The molecule has 2 aliphatic heterocycles. The predicted octanol–water partition coefficient (Wildman–Crippen LogP) is 1.59. The third kappa shape index (κ3) is 4.61. The highest BCUT2D eigenvalue weighted by Gasteiger charge is 2.20. The molecule has 0 aromatic rings. The van der Waals surface area contributed by atoms with Crippen molar-refractivity contribution >= 4 is 0 Å². The average molecular weight is 250 g/mol. The van der Waals surface area contributed by atoms with Crippen LogP contribution in [0.3, 0.4) is 0 Å². The fourth-order valence-electron chi connectivity index (χ4n) is 2.93. The Balaban J connectivity index is 1.57. The molecule has 18 heavy (non-hydrogen) atoms. The number of rotatable bonds is 5. The first-order valence-corrected chi connectivity index (χ1v) is 7.38. The molecule has 0 amide bonds. The molecule has 0 bridgehead atoms. The van der Waals surface area contributed by atoms with Crippen molar-refractivity contribution < 1.29 is 4.74 Å². The normalized spacial score (nSPS) is 23.9. The summed E-state index contributed by atoms with van der Waals surface area (Å²) >= 11 is 0. The number of nitrogens with zero attached hydrogens (tertiary/aromatic N) is 2. The highest BCUT2D eigenvalue weighted by molar-refractivity contribution is 4.84. The van der Waals surface area contributed by atoms with E-state index >= 15 is 0 Å². The van der Waals surface area contributed by atoms with E-state index in [1.54, 1.807) is 0 Å². The van der Waals surface area contributed by atoms with E-state index in [0.29, 0.717) is 12.7 Å². The van der Waals surface area contributed by atoms with Gasteiger partial charge in [0.1, 0.15) is 6.61 Å². The van der Waals surface area contributed by atoms with E-state index in [2.05, 4.69) is 15.7 Å². The molecule has 0 aromatic carbocycles. The second kappa shape index (κ2) is 7.78. The van der Waals surface area contributed by atoms with E-state index in [0.717, 1.165) is 12.8 Å². The molecule has 0 spiro atoms. The molecule has 2 saturated heterocycles. The predicted molar refractivity (Wildman–Crippen MR) is 74.5 cm³/mol. The summed E-state index contributed by atoms with van der Waals surface area (Å²) in [7, 11) is 0. The lowest BCUT2D eigenvalue weighted by atomic mass is 10.1. The number of likely N-dealkylation sites (tertiary alicyclic amines) is 2. The van der Waals surface area contributed by atoms with Gasteiger partial charge in [0.2, 0.25) is 0 Å². The van der Waals surface area contributed by atoms with Crippen molar-refractivity contribution in [3.05, 3.63) is 0 Å². The van der Waals surface area contributed by atoms with Gasteiger partial charge < -0.3 is 14.5 Å². The van der Waals surface area contributed by atoms with Crippen LogP contribution in [-0.4, -0.2) is 61.8 Å². The molecule has 0 aromatic heterocycles.